The van der Waals surface area contributed by atoms with Crippen LogP contribution in [0.5, 0.6) is 0 Å². The number of hydrogen-bond acceptors (Lipinski definition) is 5. The van der Waals surface area contributed by atoms with E-state index >= 15 is 0 Å². The van der Waals surface area contributed by atoms with Crippen LogP contribution < -0.4 is 5.73 Å². The third-order valence-corrected chi connectivity index (χ3v) is 14.9. The maximum absolute atomic E-state index is 13.3. The topological polar surface area (TPSA) is 102 Å². The van der Waals surface area contributed by atoms with E-state index in [1.807, 2.05) is 6.92 Å². The Labute approximate surface area is 270 Å². The molecule has 0 saturated heterocycles. The second-order valence-electron chi connectivity index (χ2n) is 17.4. The molecule has 0 spiro atoms. The number of ether oxygens (including phenoxy) is 2. The quantitative estimate of drug-likeness (QED) is 0.180. The average Bonchev–Trinajstić information content (AvgIpc) is 2.95. The summed E-state index contributed by atoms with van der Waals surface area (Å²) in [5.74, 6) is 0.451. The van der Waals surface area contributed by atoms with Gasteiger partial charge in [0.25, 0.3) is 0 Å². The van der Waals surface area contributed by atoms with E-state index in [1.54, 1.807) is 7.11 Å². The van der Waals surface area contributed by atoms with Gasteiger partial charge in [-0.2, -0.15) is 0 Å². The Morgan fingerprint density at radius 3 is 2.16 bits per heavy atom. The summed E-state index contributed by atoms with van der Waals surface area (Å²) in [4.78, 5) is 13.3. The lowest BCUT2D eigenvalue weighted by molar-refractivity contribution is -0.197. The number of fused-ring (bicyclic) bond motifs is 3. The molecule has 0 bridgehead atoms. The molecule has 0 aromatic carbocycles. The van der Waals surface area contributed by atoms with Crippen LogP contribution in [0.1, 0.15) is 128 Å². The summed E-state index contributed by atoms with van der Waals surface area (Å²) in [6, 6.07) is 0. The number of nitrogens with two attached hydrogens (primary N) is 1. The summed E-state index contributed by atoms with van der Waals surface area (Å²) in [5, 5.41) is 22.4. The minimum absolute atomic E-state index is 0.0529. The van der Waals surface area contributed by atoms with Gasteiger partial charge < -0.3 is 25.4 Å². The second-order valence-corrected chi connectivity index (χ2v) is 17.4. The van der Waals surface area contributed by atoms with Gasteiger partial charge in [-0.15, -0.1) is 0 Å². The first-order chi connectivity index (χ1) is 20.2. The zero-order chi connectivity index (χ0) is 33.7. The third kappa shape index (κ3) is 5.85. The predicted molar refractivity (Wildman–Crippen MR) is 180 cm³/mol. The van der Waals surface area contributed by atoms with E-state index in [2.05, 4.69) is 82.2 Å². The molecule has 6 nitrogen and oxygen atoms in total. The number of methoxy groups -OCH3 is 1. The van der Waals surface area contributed by atoms with Crippen LogP contribution in [-0.2, 0) is 14.3 Å². The second kappa shape index (κ2) is 12.9. The molecular weight excluding hydrogens is 550 g/mol. The van der Waals surface area contributed by atoms with E-state index in [0.29, 0.717) is 30.8 Å². The Bertz CT molecular complexity index is 1050. The molecule has 0 radical (unpaired) electrons. The summed E-state index contributed by atoms with van der Waals surface area (Å²) < 4.78 is 12.8. The number of hydrogen-bond donors (Lipinski definition) is 3. The summed E-state index contributed by atoms with van der Waals surface area (Å²) in [7, 11) is 1.76. The fourth-order valence-corrected chi connectivity index (χ4v) is 10.2. The molecule has 0 aromatic rings. The molecular formula is C38H69NO5. The van der Waals surface area contributed by atoms with Gasteiger partial charge in [-0.1, -0.05) is 80.4 Å². The van der Waals surface area contributed by atoms with Crippen LogP contribution in [0.15, 0.2) is 11.6 Å². The molecule has 0 aliphatic heterocycles. The molecule has 6 heteroatoms. The summed E-state index contributed by atoms with van der Waals surface area (Å²) in [6.45, 7) is 26.9. The van der Waals surface area contributed by atoms with Crippen molar-refractivity contribution in [1.82, 2.24) is 0 Å². The molecule has 0 amide bonds. The SMILES string of the molecule is CC[C@@H]1CC[C@H]2C(=CC[C@@]3(C)[C@H](C(=O)O)[C@@](C)([C@H](C)C(C)C)CC[C@]23C)[C@@]1(CO)CC(C)(OC)[C@@H](C)OC[C@](C)(N)C(C)C. The molecule has 0 aromatic heterocycles. The van der Waals surface area contributed by atoms with E-state index < -0.39 is 28.4 Å². The Morgan fingerprint density at radius 2 is 1.68 bits per heavy atom. The third-order valence-electron chi connectivity index (χ3n) is 14.9. The lowest BCUT2D eigenvalue weighted by Gasteiger charge is -2.68. The number of aliphatic hydroxyl groups is 1. The van der Waals surface area contributed by atoms with E-state index in [-0.39, 0.29) is 40.8 Å². The van der Waals surface area contributed by atoms with Crippen LogP contribution >= 0.6 is 0 Å². The average molecular weight is 620 g/mol. The predicted octanol–water partition coefficient (Wildman–Crippen LogP) is 8.11. The Kier molecular flexibility index (Phi) is 11.0. The van der Waals surface area contributed by atoms with Crippen molar-refractivity contribution in [1.29, 1.82) is 0 Å². The number of carboxylic acids is 1. The smallest absolute Gasteiger partial charge is 0.307 e. The number of allylic oxidation sites excluding steroid dienone is 1. The first kappa shape index (κ1) is 37.5. The van der Waals surface area contributed by atoms with Gasteiger partial charge in [0.05, 0.1) is 30.8 Å². The highest BCUT2D eigenvalue weighted by Crippen LogP contribution is 2.72. The van der Waals surface area contributed by atoms with Gasteiger partial charge in [-0.25, -0.2) is 0 Å². The highest BCUT2D eigenvalue weighted by Gasteiger charge is 2.68. The number of aliphatic hydroxyl groups excluding tert-OH is 1. The van der Waals surface area contributed by atoms with Gasteiger partial charge in [0.1, 0.15) is 0 Å². The Hall–Kier alpha value is -0.950. The van der Waals surface area contributed by atoms with E-state index in [4.69, 9.17) is 15.2 Å². The molecule has 2 fully saturated rings. The van der Waals surface area contributed by atoms with Crippen LogP contribution in [-0.4, -0.2) is 53.7 Å². The largest absolute Gasteiger partial charge is 0.481 e. The molecule has 256 valence electrons. The fraction of sp³-hybridized carbons (Fsp3) is 0.921. The molecule has 3 aliphatic rings. The van der Waals surface area contributed by atoms with Crippen molar-refractivity contribution in [2.75, 3.05) is 20.3 Å². The first-order valence-electron chi connectivity index (χ1n) is 17.7. The van der Waals surface area contributed by atoms with Gasteiger partial charge in [0.15, 0.2) is 0 Å². The molecule has 44 heavy (non-hydrogen) atoms. The van der Waals surface area contributed by atoms with Crippen molar-refractivity contribution in [3.8, 4) is 0 Å². The van der Waals surface area contributed by atoms with Gasteiger partial charge in [-0.05, 0) is 105 Å². The van der Waals surface area contributed by atoms with Crippen molar-refractivity contribution in [3.05, 3.63) is 11.6 Å². The van der Waals surface area contributed by atoms with Crippen molar-refractivity contribution in [3.63, 3.8) is 0 Å². The molecule has 4 N–H and O–H groups in total. The summed E-state index contributed by atoms with van der Waals surface area (Å²) in [5.41, 5.74) is 5.54. The van der Waals surface area contributed by atoms with E-state index in [1.165, 1.54) is 5.57 Å². The maximum atomic E-state index is 13.3. The van der Waals surface area contributed by atoms with Crippen LogP contribution in [0.4, 0.5) is 0 Å². The normalized spacial score (nSPS) is 39.9. The van der Waals surface area contributed by atoms with E-state index in [9.17, 15) is 15.0 Å². The fourth-order valence-electron chi connectivity index (χ4n) is 10.2. The van der Waals surface area contributed by atoms with Crippen LogP contribution in [0.3, 0.4) is 0 Å². The zero-order valence-electron chi connectivity index (χ0n) is 30.7. The van der Waals surface area contributed by atoms with Crippen molar-refractivity contribution in [2.45, 2.75) is 145 Å². The van der Waals surface area contributed by atoms with Gasteiger partial charge >= 0.3 is 5.97 Å². The minimum atomic E-state index is -0.646. The minimum Gasteiger partial charge on any atom is -0.481 e. The highest BCUT2D eigenvalue weighted by molar-refractivity contribution is 5.73. The van der Waals surface area contributed by atoms with Crippen LogP contribution in [0.25, 0.3) is 0 Å². The molecule has 11 atom stereocenters. The molecule has 3 aliphatic carbocycles. The number of carbonyl (C=O) groups is 1. The van der Waals surface area contributed by atoms with Crippen molar-refractivity contribution >= 4 is 5.97 Å². The Morgan fingerprint density at radius 1 is 1.07 bits per heavy atom. The Balaban J connectivity index is 2.11. The van der Waals surface area contributed by atoms with Crippen LogP contribution in [0.2, 0.25) is 0 Å². The van der Waals surface area contributed by atoms with Crippen LogP contribution in [0, 0.1) is 57.2 Å². The number of aliphatic carboxylic acids is 1. The standard InChI is InChI=1S/C38H69NO5/c1-14-28-15-16-29-30(38(28,22-40)21-37(12,43-13)27(7)44-23-36(11,39)25(4)5)17-18-35(10)31(32(41)42)33(8,26(6)24(2)3)19-20-34(29,35)9/h17,24-29,31,40H,14-16,18-23,39H2,1-13H3,(H,41,42)/t26-,27-,28-,29+,31-,33-,34-,35+,36+,37?,38-/m1/s1. The lowest BCUT2D eigenvalue weighted by atomic mass is 9.35. The molecule has 2 saturated carbocycles. The van der Waals surface area contributed by atoms with E-state index in [0.717, 1.165) is 38.5 Å². The molecule has 3 rings (SSSR count). The molecule has 1 unspecified atom stereocenters. The lowest BCUT2D eigenvalue weighted by Crippen LogP contribution is -2.64. The van der Waals surface area contributed by atoms with Gasteiger partial charge in [0.2, 0.25) is 0 Å². The van der Waals surface area contributed by atoms with Crippen molar-refractivity contribution < 1.29 is 24.5 Å². The van der Waals surface area contributed by atoms with Gasteiger partial charge in [0, 0.05) is 18.1 Å². The molecule has 0 heterocycles. The maximum Gasteiger partial charge on any atom is 0.307 e. The highest BCUT2D eigenvalue weighted by atomic mass is 16.5. The zero-order valence-corrected chi connectivity index (χ0v) is 30.7. The summed E-state index contributed by atoms with van der Waals surface area (Å²) >= 11 is 0. The first-order valence-corrected chi connectivity index (χ1v) is 17.7. The number of rotatable bonds is 13. The monoisotopic (exact) mass is 620 g/mol. The van der Waals surface area contributed by atoms with Crippen molar-refractivity contribution in [2.24, 2.45) is 62.9 Å². The van der Waals surface area contributed by atoms with Gasteiger partial charge in [-0.3, -0.25) is 4.79 Å². The summed E-state index contributed by atoms with van der Waals surface area (Å²) in [6.07, 6.45) is 8.48. The number of carboxylic acid groups (broad SMARTS) is 1.